The van der Waals surface area contributed by atoms with Crippen LogP contribution in [0.3, 0.4) is 0 Å². The molecule has 53 heavy (non-hydrogen) atoms. The Morgan fingerprint density at radius 2 is 1.51 bits per heavy atom. The number of benzene rings is 4. The van der Waals surface area contributed by atoms with Crippen molar-refractivity contribution in [1.82, 2.24) is 19.5 Å². The molecule has 0 fully saturated rings. The van der Waals surface area contributed by atoms with Gasteiger partial charge in [0, 0.05) is 56.7 Å². The minimum atomic E-state index is -2.18. The maximum absolute atomic E-state index is 7.28. The van der Waals surface area contributed by atoms with Crippen LogP contribution in [0.2, 0.25) is 0 Å². The molecule has 8 rings (SSSR count). The summed E-state index contributed by atoms with van der Waals surface area (Å²) in [6.45, 7) is 11.3. The molecule has 271 valence electrons. The number of nitrogens with zero attached hydrogens (tertiary/aromatic N) is 4. The summed E-state index contributed by atoms with van der Waals surface area (Å²) in [7, 11) is 0. The zero-order chi connectivity index (χ0) is 41.7. The molecule has 0 aliphatic rings. The van der Waals surface area contributed by atoms with Crippen LogP contribution in [0.5, 0.6) is 0 Å². The van der Waals surface area contributed by atoms with Gasteiger partial charge in [0.05, 0.1) is 28.6 Å². The molecule has 0 aliphatic carbocycles. The van der Waals surface area contributed by atoms with E-state index in [9.17, 15) is 0 Å². The van der Waals surface area contributed by atoms with Gasteiger partial charge in [-0.3, -0.25) is 9.97 Å². The molecule has 4 aromatic heterocycles. The fraction of sp³-hybridized carbons (Fsp3) is 0.255. The number of furan rings is 1. The first-order chi connectivity index (χ1) is 27.3. The van der Waals surface area contributed by atoms with E-state index in [4.69, 9.17) is 22.6 Å². The predicted molar refractivity (Wildman–Crippen MR) is 215 cm³/mol. The van der Waals surface area contributed by atoms with Gasteiger partial charge in [0.15, 0.2) is 0 Å². The quantitative estimate of drug-likeness (QED) is 0.162. The van der Waals surface area contributed by atoms with Crippen LogP contribution < -0.4 is 0 Å². The minimum Gasteiger partial charge on any atom is -0.501 e. The van der Waals surface area contributed by atoms with Crippen molar-refractivity contribution in [2.45, 2.75) is 79.4 Å². The summed E-state index contributed by atoms with van der Waals surface area (Å²) >= 11 is 0. The SMILES string of the molecule is CC(C)c1cccc(C(C)C)c1-n1c(-c2[c-]ccc3c2oc2ccccc23)nc2cnc(C(C)(C)C)cc21.[2H]C([2H])([2H])c1c[c-]c(-c2ccc(C([2H])([2H])[2H])cn2)cc1.[Ir]. The van der Waals surface area contributed by atoms with Crippen LogP contribution in [0, 0.1) is 25.8 Å². The monoisotopic (exact) mass is 881 g/mol. The summed E-state index contributed by atoms with van der Waals surface area (Å²) in [6, 6.07) is 35.1. The molecule has 0 aliphatic heterocycles. The standard InChI is InChI=1S/C34H34N3O.C13H12N.Ir/c1-20(2)22-13-10-14-23(21(3)4)31(22)37-28-18-30(34(5,6)7)35-19-27(28)36-33(37)26-16-11-15-25-24-12-8-9-17-29(24)38-32(25)26;1-10-3-6-12(7-4-10)13-8-5-11(2)9-14-13;/h8-15,17-21H,1-7H3;3-6,8-9H,1-2H3;/q2*-1;/i;1D3,2D3;. The number of hydrogen-bond acceptors (Lipinski definition) is 4. The number of imidazole rings is 1. The van der Waals surface area contributed by atoms with Crippen molar-refractivity contribution >= 4 is 33.0 Å². The van der Waals surface area contributed by atoms with E-state index in [1.54, 1.807) is 12.1 Å². The number of rotatable bonds is 5. The van der Waals surface area contributed by atoms with E-state index >= 15 is 0 Å². The van der Waals surface area contributed by atoms with Crippen molar-refractivity contribution in [3.8, 4) is 28.3 Å². The van der Waals surface area contributed by atoms with Gasteiger partial charge in [-0.05, 0) is 53.2 Å². The molecule has 0 bridgehead atoms. The Kier molecular flexibility index (Phi) is 8.77. The van der Waals surface area contributed by atoms with E-state index in [0.29, 0.717) is 23.1 Å². The van der Waals surface area contributed by atoms with E-state index in [1.807, 2.05) is 24.4 Å². The summed E-state index contributed by atoms with van der Waals surface area (Å²) in [5, 5.41) is 2.17. The minimum absolute atomic E-state index is 0. The summed E-state index contributed by atoms with van der Waals surface area (Å²) in [4.78, 5) is 14.1. The average molecular weight is 881 g/mol. The third-order valence-electron chi connectivity index (χ3n) is 9.29. The van der Waals surface area contributed by atoms with Crippen molar-refractivity contribution < 1.29 is 32.7 Å². The Morgan fingerprint density at radius 1 is 0.774 bits per heavy atom. The summed E-state index contributed by atoms with van der Waals surface area (Å²) in [6.07, 6.45) is 3.22. The molecule has 4 heterocycles. The number of pyridine rings is 2. The Bertz CT molecular complexity index is 2660. The molecule has 0 amide bonds. The van der Waals surface area contributed by atoms with Gasteiger partial charge in [-0.15, -0.1) is 53.6 Å². The van der Waals surface area contributed by atoms with Crippen LogP contribution in [0.25, 0.3) is 61.3 Å². The number of hydrogen-bond donors (Lipinski definition) is 0. The first-order valence-corrected chi connectivity index (χ1v) is 17.7. The summed E-state index contributed by atoms with van der Waals surface area (Å²) in [5.41, 5.74) is 10.7. The molecule has 0 atom stereocenters. The Labute approximate surface area is 335 Å². The number of aromatic nitrogens is 4. The first-order valence-electron chi connectivity index (χ1n) is 20.7. The van der Waals surface area contributed by atoms with Gasteiger partial charge in [0.1, 0.15) is 5.58 Å². The molecule has 1 radical (unpaired) electrons. The normalized spacial score (nSPS) is 13.8. The van der Waals surface area contributed by atoms with Crippen molar-refractivity contribution in [1.29, 1.82) is 0 Å². The van der Waals surface area contributed by atoms with E-state index < -0.39 is 13.7 Å². The van der Waals surface area contributed by atoms with Gasteiger partial charge >= 0.3 is 0 Å². The van der Waals surface area contributed by atoms with Crippen molar-refractivity contribution in [2.24, 2.45) is 0 Å². The van der Waals surface area contributed by atoms with E-state index in [2.05, 4.69) is 113 Å². The molecule has 0 unspecified atom stereocenters. The van der Waals surface area contributed by atoms with E-state index in [1.165, 1.54) is 41.2 Å². The molecule has 0 N–H and O–H groups in total. The van der Waals surface area contributed by atoms with Gasteiger partial charge in [0.2, 0.25) is 0 Å². The second-order valence-electron chi connectivity index (χ2n) is 14.8. The van der Waals surface area contributed by atoms with Crippen LogP contribution in [0.1, 0.15) is 96.5 Å². The number of aryl methyl sites for hydroxylation is 2. The molecule has 0 saturated carbocycles. The number of fused-ring (bicyclic) bond motifs is 4. The van der Waals surface area contributed by atoms with Crippen molar-refractivity contribution in [3.05, 3.63) is 143 Å². The van der Waals surface area contributed by atoms with Gasteiger partial charge < -0.3 is 14.0 Å². The topological polar surface area (TPSA) is 56.7 Å². The van der Waals surface area contributed by atoms with Gasteiger partial charge in [-0.2, -0.15) is 0 Å². The van der Waals surface area contributed by atoms with Gasteiger partial charge in [0.25, 0.3) is 0 Å². The zero-order valence-corrected chi connectivity index (χ0v) is 33.4. The maximum Gasteiger partial charge on any atom is 0.120 e. The van der Waals surface area contributed by atoms with Crippen LogP contribution in [0.4, 0.5) is 0 Å². The second-order valence-corrected chi connectivity index (χ2v) is 14.8. The molecule has 0 saturated heterocycles. The van der Waals surface area contributed by atoms with E-state index in [0.717, 1.165) is 50.1 Å². The Balaban J connectivity index is 0.000000236. The van der Waals surface area contributed by atoms with Crippen LogP contribution in [-0.2, 0) is 25.5 Å². The molecular formula is C47H46IrN4O-2. The maximum atomic E-state index is 7.28. The van der Waals surface area contributed by atoms with Crippen molar-refractivity contribution in [3.63, 3.8) is 0 Å². The van der Waals surface area contributed by atoms with Crippen LogP contribution in [0.15, 0.2) is 108 Å². The third-order valence-corrected chi connectivity index (χ3v) is 9.29. The largest absolute Gasteiger partial charge is 0.501 e. The molecule has 6 heteroatoms. The molecule has 0 spiro atoms. The van der Waals surface area contributed by atoms with Crippen molar-refractivity contribution in [2.75, 3.05) is 0 Å². The molecule has 5 nitrogen and oxygen atoms in total. The zero-order valence-electron chi connectivity index (χ0n) is 37.0. The Morgan fingerprint density at radius 3 is 2.15 bits per heavy atom. The Hall–Kier alpha value is -4.90. The van der Waals surface area contributed by atoms with Gasteiger partial charge in [-0.25, -0.2) is 0 Å². The summed E-state index contributed by atoms with van der Waals surface area (Å²) in [5.74, 6) is 1.50. The fourth-order valence-electron chi connectivity index (χ4n) is 6.55. The third kappa shape index (κ3) is 7.49. The second kappa shape index (κ2) is 15.2. The average Bonchev–Trinajstić information content (AvgIpc) is 3.75. The molecule has 4 aromatic carbocycles. The smallest absolute Gasteiger partial charge is 0.120 e. The first kappa shape index (κ1) is 30.5. The van der Waals surface area contributed by atoms with Gasteiger partial charge in [-0.1, -0.05) is 115 Å². The van der Waals surface area contributed by atoms with Crippen LogP contribution >= 0.6 is 0 Å². The summed E-state index contributed by atoms with van der Waals surface area (Å²) < 4.78 is 52.4. The molecule has 8 aromatic rings. The fourth-order valence-corrected chi connectivity index (χ4v) is 6.55. The van der Waals surface area contributed by atoms with Crippen LogP contribution in [-0.4, -0.2) is 19.5 Å². The number of para-hydroxylation sites is 2. The van der Waals surface area contributed by atoms with E-state index in [-0.39, 0.29) is 36.6 Å². The predicted octanol–water partition coefficient (Wildman–Crippen LogP) is 12.5. The molecular weight excluding hydrogens is 829 g/mol.